The lowest BCUT2D eigenvalue weighted by atomic mass is 9.93. The number of benzene rings is 1. The van der Waals surface area contributed by atoms with Crippen molar-refractivity contribution in [3.63, 3.8) is 0 Å². The van der Waals surface area contributed by atoms with Crippen molar-refractivity contribution in [3.05, 3.63) is 34.1 Å². The highest BCUT2D eigenvalue weighted by molar-refractivity contribution is 9.10. The second kappa shape index (κ2) is 4.97. The molecule has 1 N–H and O–H groups in total. The van der Waals surface area contributed by atoms with Crippen molar-refractivity contribution in [2.45, 2.75) is 25.4 Å². The number of halogens is 2. The van der Waals surface area contributed by atoms with Gasteiger partial charge in [0.2, 0.25) is 0 Å². The molecule has 0 atom stereocenters. The average molecular weight is 316 g/mol. The fourth-order valence-electron chi connectivity index (χ4n) is 2.02. The Kier molecular flexibility index (Phi) is 3.73. The molecule has 1 aromatic rings. The first-order valence-electron chi connectivity index (χ1n) is 5.86. The second-order valence-electron chi connectivity index (χ2n) is 4.91. The zero-order chi connectivity index (χ0) is 13.3. The number of piperidine rings is 1. The van der Waals surface area contributed by atoms with E-state index < -0.39 is 11.4 Å². The second-order valence-corrected chi connectivity index (χ2v) is 5.83. The van der Waals surface area contributed by atoms with E-state index in [1.807, 2.05) is 0 Å². The Hall–Kier alpha value is -0.940. The van der Waals surface area contributed by atoms with Crippen molar-refractivity contribution >= 4 is 21.8 Å². The maximum atomic E-state index is 13.6. The maximum absolute atomic E-state index is 13.6. The first-order chi connectivity index (χ1) is 8.39. The smallest absolute Gasteiger partial charge is 0.256 e. The largest absolute Gasteiger partial charge is 0.390 e. The quantitative estimate of drug-likeness (QED) is 0.865. The summed E-state index contributed by atoms with van der Waals surface area (Å²) in [5.74, 6) is -0.829. The van der Waals surface area contributed by atoms with Crippen LogP contribution in [-0.4, -0.2) is 34.6 Å². The third-order valence-corrected chi connectivity index (χ3v) is 3.78. The Labute approximate surface area is 114 Å². The van der Waals surface area contributed by atoms with Crippen LogP contribution in [-0.2, 0) is 0 Å². The van der Waals surface area contributed by atoms with E-state index in [1.54, 1.807) is 17.9 Å². The van der Waals surface area contributed by atoms with Gasteiger partial charge < -0.3 is 10.0 Å². The van der Waals surface area contributed by atoms with Gasteiger partial charge in [0.15, 0.2) is 0 Å². The van der Waals surface area contributed by atoms with E-state index in [1.165, 1.54) is 12.1 Å². The molecule has 1 amide bonds. The normalized spacial score (nSPS) is 18.8. The highest BCUT2D eigenvalue weighted by Crippen LogP contribution is 2.24. The number of hydrogen-bond acceptors (Lipinski definition) is 2. The highest BCUT2D eigenvalue weighted by atomic mass is 79.9. The van der Waals surface area contributed by atoms with Crippen LogP contribution in [0.3, 0.4) is 0 Å². The Morgan fingerprint density at radius 1 is 1.44 bits per heavy atom. The average Bonchev–Trinajstić information content (AvgIpc) is 2.31. The van der Waals surface area contributed by atoms with Gasteiger partial charge in [0, 0.05) is 17.6 Å². The van der Waals surface area contributed by atoms with Crippen molar-refractivity contribution < 1.29 is 14.3 Å². The molecule has 1 heterocycles. The van der Waals surface area contributed by atoms with Gasteiger partial charge >= 0.3 is 0 Å². The summed E-state index contributed by atoms with van der Waals surface area (Å²) in [5, 5.41) is 9.82. The molecule has 1 saturated heterocycles. The van der Waals surface area contributed by atoms with Gasteiger partial charge in [-0.05, 0) is 38.0 Å². The van der Waals surface area contributed by atoms with Gasteiger partial charge in [-0.15, -0.1) is 0 Å². The van der Waals surface area contributed by atoms with E-state index in [9.17, 15) is 14.3 Å². The molecule has 2 rings (SSSR count). The SMILES string of the molecule is CC1(O)CCN(C(=O)c2cc(Br)ccc2F)CC1. The van der Waals surface area contributed by atoms with Gasteiger partial charge in [-0.25, -0.2) is 4.39 Å². The topological polar surface area (TPSA) is 40.5 Å². The first kappa shape index (κ1) is 13.5. The van der Waals surface area contributed by atoms with Crippen molar-refractivity contribution in [2.75, 3.05) is 13.1 Å². The standard InChI is InChI=1S/C13H15BrFNO2/c1-13(18)4-6-16(7-5-13)12(17)10-8-9(14)2-3-11(10)15/h2-3,8,18H,4-7H2,1H3. The zero-order valence-corrected chi connectivity index (χ0v) is 11.7. The van der Waals surface area contributed by atoms with E-state index in [-0.39, 0.29) is 11.5 Å². The number of carbonyl (C=O) groups excluding carboxylic acids is 1. The number of rotatable bonds is 1. The van der Waals surface area contributed by atoms with Crippen LogP contribution in [0.5, 0.6) is 0 Å². The molecule has 0 aliphatic carbocycles. The Balaban J connectivity index is 2.15. The van der Waals surface area contributed by atoms with Gasteiger partial charge in [-0.2, -0.15) is 0 Å². The Morgan fingerprint density at radius 3 is 2.67 bits per heavy atom. The minimum Gasteiger partial charge on any atom is -0.390 e. The number of aliphatic hydroxyl groups is 1. The lowest BCUT2D eigenvalue weighted by Crippen LogP contribution is -2.45. The molecule has 3 nitrogen and oxygen atoms in total. The summed E-state index contributed by atoms with van der Waals surface area (Å²) < 4.78 is 14.3. The highest BCUT2D eigenvalue weighted by Gasteiger charge is 2.30. The van der Waals surface area contributed by atoms with E-state index in [0.29, 0.717) is 30.4 Å². The maximum Gasteiger partial charge on any atom is 0.256 e. The van der Waals surface area contributed by atoms with Crippen molar-refractivity contribution in [3.8, 4) is 0 Å². The number of carbonyl (C=O) groups is 1. The summed E-state index contributed by atoms with van der Waals surface area (Å²) in [6.45, 7) is 2.67. The van der Waals surface area contributed by atoms with Crippen LogP contribution >= 0.6 is 15.9 Å². The van der Waals surface area contributed by atoms with Gasteiger partial charge in [0.1, 0.15) is 5.82 Å². The van der Waals surface area contributed by atoms with Gasteiger partial charge in [0.05, 0.1) is 11.2 Å². The summed E-state index contributed by atoms with van der Waals surface area (Å²) >= 11 is 3.23. The van der Waals surface area contributed by atoms with Crippen molar-refractivity contribution in [1.82, 2.24) is 4.90 Å². The molecule has 0 radical (unpaired) electrons. The monoisotopic (exact) mass is 315 g/mol. The molecule has 1 aromatic carbocycles. The van der Waals surface area contributed by atoms with Crippen molar-refractivity contribution in [2.24, 2.45) is 0 Å². The lowest BCUT2D eigenvalue weighted by Gasteiger charge is -2.35. The summed E-state index contributed by atoms with van der Waals surface area (Å²) in [5.41, 5.74) is -0.641. The Morgan fingerprint density at radius 2 is 2.06 bits per heavy atom. The van der Waals surface area contributed by atoms with Crippen molar-refractivity contribution in [1.29, 1.82) is 0 Å². The molecule has 98 valence electrons. The summed E-state index contributed by atoms with van der Waals surface area (Å²) in [6, 6.07) is 4.33. The molecular weight excluding hydrogens is 301 g/mol. The molecule has 0 aromatic heterocycles. The minimum absolute atomic E-state index is 0.0749. The lowest BCUT2D eigenvalue weighted by molar-refractivity contribution is -0.00213. The van der Waals surface area contributed by atoms with Gasteiger partial charge in [-0.3, -0.25) is 4.79 Å². The van der Waals surface area contributed by atoms with Crippen LogP contribution in [0.25, 0.3) is 0 Å². The number of nitrogens with zero attached hydrogens (tertiary/aromatic N) is 1. The molecular formula is C13H15BrFNO2. The predicted molar refractivity (Wildman–Crippen MR) is 69.9 cm³/mol. The van der Waals surface area contributed by atoms with E-state index in [2.05, 4.69) is 15.9 Å². The number of hydrogen-bond donors (Lipinski definition) is 1. The summed E-state index contributed by atoms with van der Waals surface area (Å²) in [4.78, 5) is 13.8. The molecule has 1 fully saturated rings. The molecule has 0 spiro atoms. The van der Waals surface area contributed by atoms with E-state index in [4.69, 9.17) is 0 Å². The molecule has 18 heavy (non-hydrogen) atoms. The molecule has 0 bridgehead atoms. The molecule has 0 unspecified atom stereocenters. The Bertz CT molecular complexity index is 466. The van der Waals surface area contributed by atoms with E-state index >= 15 is 0 Å². The molecule has 1 aliphatic rings. The molecule has 1 aliphatic heterocycles. The van der Waals surface area contributed by atoms with Gasteiger partial charge in [-0.1, -0.05) is 15.9 Å². The predicted octanol–water partition coefficient (Wildman–Crippen LogP) is 2.58. The third-order valence-electron chi connectivity index (χ3n) is 3.29. The van der Waals surface area contributed by atoms with Gasteiger partial charge in [0.25, 0.3) is 5.91 Å². The van der Waals surface area contributed by atoms with Crippen LogP contribution in [0.15, 0.2) is 22.7 Å². The van der Waals surface area contributed by atoms with E-state index in [0.717, 1.165) is 0 Å². The summed E-state index contributed by atoms with van der Waals surface area (Å²) in [7, 11) is 0. The van der Waals surface area contributed by atoms with Crippen LogP contribution < -0.4 is 0 Å². The zero-order valence-electron chi connectivity index (χ0n) is 10.1. The third kappa shape index (κ3) is 2.90. The van der Waals surface area contributed by atoms with Crippen LogP contribution in [0, 0.1) is 5.82 Å². The summed E-state index contributed by atoms with van der Waals surface area (Å²) in [6.07, 6.45) is 1.04. The van der Waals surface area contributed by atoms with Crippen LogP contribution in [0.4, 0.5) is 4.39 Å². The number of likely N-dealkylation sites (tertiary alicyclic amines) is 1. The number of amides is 1. The fourth-order valence-corrected chi connectivity index (χ4v) is 2.38. The van der Waals surface area contributed by atoms with Crippen LogP contribution in [0.1, 0.15) is 30.1 Å². The fraction of sp³-hybridized carbons (Fsp3) is 0.462. The molecule has 0 saturated carbocycles. The van der Waals surface area contributed by atoms with Crippen LogP contribution in [0.2, 0.25) is 0 Å². The first-order valence-corrected chi connectivity index (χ1v) is 6.65. The minimum atomic E-state index is -0.716. The molecule has 5 heteroatoms.